The monoisotopic (exact) mass is 520 g/mol. The Bertz CT molecular complexity index is 1170. The number of halogens is 3. The van der Waals surface area contributed by atoms with Crippen molar-refractivity contribution in [2.75, 3.05) is 13.1 Å². The number of fused-ring (bicyclic) bond motifs is 1. The number of rotatable bonds is 4. The highest BCUT2D eigenvalue weighted by atomic mass is 19.4. The summed E-state index contributed by atoms with van der Waals surface area (Å²) in [5, 5.41) is 15.7. The van der Waals surface area contributed by atoms with E-state index in [1.807, 2.05) is 6.07 Å². The first-order valence-electron chi connectivity index (χ1n) is 11.5. The zero-order valence-corrected chi connectivity index (χ0v) is 20.0. The van der Waals surface area contributed by atoms with E-state index >= 15 is 0 Å². The molecule has 1 amide bonds. The number of aliphatic carboxylic acids is 1. The standard InChI is InChI=1S/C24H26N2O4.C2HF3O2/c1-17(19-6-3-2-4-7-19)26-13-5-12-24(16-26)15-21(27)20-14-18(8-10-22(20)30-24)9-11-23(28)25-29;3-2(4,5)1(6)7/h2-4,6-11,14,17,29H,5,12-13,15-16H2,1H3,(H,25,28);(H,6,7). The van der Waals surface area contributed by atoms with Crippen LogP contribution in [-0.2, 0) is 9.59 Å². The highest BCUT2D eigenvalue weighted by Gasteiger charge is 2.44. The predicted octanol–water partition coefficient (Wildman–Crippen LogP) is 4.40. The summed E-state index contributed by atoms with van der Waals surface area (Å²) < 4.78 is 38.2. The number of nitrogens with zero attached hydrogens (tertiary/aromatic N) is 1. The molecule has 1 fully saturated rings. The van der Waals surface area contributed by atoms with Crippen molar-refractivity contribution >= 4 is 23.7 Å². The normalized spacial score (nSPS) is 20.4. The number of alkyl halides is 3. The molecule has 2 aliphatic heterocycles. The molecular formula is C26H27F3N2O6. The highest BCUT2D eigenvalue weighted by molar-refractivity contribution is 6.01. The van der Waals surface area contributed by atoms with Crippen molar-refractivity contribution in [3.05, 3.63) is 71.3 Å². The molecule has 11 heteroatoms. The lowest BCUT2D eigenvalue weighted by atomic mass is 9.82. The number of nitrogens with one attached hydrogen (secondary N) is 1. The minimum atomic E-state index is -5.08. The second kappa shape index (κ2) is 11.6. The minimum Gasteiger partial charge on any atom is -0.485 e. The van der Waals surface area contributed by atoms with Crippen molar-refractivity contribution in [1.82, 2.24) is 10.4 Å². The number of Topliss-reactive ketones (excluding diaryl/α,β-unsaturated/α-hetero) is 1. The van der Waals surface area contributed by atoms with E-state index in [0.717, 1.165) is 19.4 Å². The molecule has 2 aliphatic rings. The Kier molecular flexibility index (Phi) is 8.72. The molecule has 2 aromatic rings. The first kappa shape index (κ1) is 27.9. The molecule has 2 atom stereocenters. The van der Waals surface area contributed by atoms with Gasteiger partial charge in [0.05, 0.1) is 12.0 Å². The van der Waals surface area contributed by atoms with Crippen LogP contribution in [0.15, 0.2) is 54.6 Å². The lowest BCUT2D eigenvalue weighted by Gasteiger charge is -2.46. The number of ether oxygens (including phenoxy) is 1. The summed E-state index contributed by atoms with van der Waals surface area (Å²) in [6.07, 6.45) is -0.136. The zero-order chi connectivity index (χ0) is 27.2. The highest BCUT2D eigenvalue weighted by Crippen LogP contribution is 2.40. The predicted molar refractivity (Wildman–Crippen MR) is 127 cm³/mol. The summed E-state index contributed by atoms with van der Waals surface area (Å²) in [7, 11) is 0. The molecule has 37 heavy (non-hydrogen) atoms. The molecule has 8 nitrogen and oxygen atoms in total. The number of ketones is 1. The van der Waals surface area contributed by atoms with E-state index in [0.29, 0.717) is 29.8 Å². The van der Waals surface area contributed by atoms with E-state index in [1.54, 1.807) is 29.8 Å². The lowest BCUT2D eigenvalue weighted by Crippen LogP contribution is -2.55. The summed E-state index contributed by atoms with van der Waals surface area (Å²) in [6.45, 7) is 3.90. The Morgan fingerprint density at radius 3 is 2.49 bits per heavy atom. The summed E-state index contributed by atoms with van der Waals surface area (Å²) in [4.78, 5) is 35.5. The number of carbonyl (C=O) groups is 3. The van der Waals surface area contributed by atoms with Gasteiger partial charge in [0.2, 0.25) is 0 Å². The van der Waals surface area contributed by atoms with Crippen LogP contribution in [0, 0.1) is 0 Å². The van der Waals surface area contributed by atoms with Crippen LogP contribution in [0.1, 0.15) is 53.7 Å². The number of carboxylic acid groups (broad SMARTS) is 1. The van der Waals surface area contributed by atoms with Gasteiger partial charge in [-0.05, 0) is 55.6 Å². The van der Waals surface area contributed by atoms with Crippen LogP contribution < -0.4 is 10.2 Å². The fraction of sp³-hybridized carbons (Fsp3) is 0.346. The SMILES string of the molecule is CC(c1ccccc1)N1CCCC2(CC(=O)c3cc(C=CC(=O)NO)ccc3O2)C1.O=C(O)C(F)(F)F. The Morgan fingerprint density at radius 2 is 1.86 bits per heavy atom. The summed E-state index contributed by atoms with van der Waals surface area (Å²) in [5.74, 6) is -2.71. The van der Waals surface area contributed by atoms with Gasteiger partial charge in [-0.25, -0.2) is 10.3 Å². The van der Waals surface area contributed by atoms with Gasteiger partial charge in [0, 0.05) is 18.7 Å². The average molecular weight is 521 g/mol. The number of hydroxylamine groups is 1. The van der Waals surface area contributed by atoms with Crippen LogP contribution in [0.5, 0.6) is 5.75 Å². The maximum absolute atomic E-state index is 13.0. The topological polar surface area (TPSA) is 116 Å². The minimum absolute atomic E-state index is 0.0623. The fourth-order valence-electron chi connectivity index (χ4n) is 4.46. The molecule has 0 saturated carbocycles. The van der Waals surface area contributed by atoms with Crippen molar-refractivity contribution in [3.63, 3.8) is 0 Å². The smallest absolute Gasteiger partial charge is 0.485 e. The van der Waals surface area contributed by atoms with Crippen molar-refractivity contribution in [1.29, 1.82) is 0 Å². The molecule has 198 valence electrons. The van der Waals surface area contributed by atoms with Gasteiger partial charge in [0.15, 0.2) is 5.78 Å². The van der Waals surface area contributed by atoms with Gasteiger partial charge in [-0.3, -0.25) is 19.7 Å². The molecule has 4 rings (SSSR count). The molecule has 0 bridgehead atoms. The van der Waals surface area contributed by atoms with Gasteiger partial charge >= 0.3 is 12.1 Å². The first-order chi connectivity index (χ1) is 17.4. The van der Waals surface area contributed by atoms with Crippen LogP contribution >= 0.6 is 0 Å². The molecule has 2 aromatic carbocycles. The third kappa shape index (κ3) is 7.17. The number of hydrogen-bond donors (Lipinski definition) is 3. The van der Waals surface area contributed by atoms with Gasteiger partial charge in [-0.1, -0.05) is 36.4 Å². The Morgan fingerprint density at radius 1 is 1.19 bits per heavy atom. The average Bonchev–Trinajstić information content (AvgIpc) is 2.87. The largest absolute Gasteiger partial charge is 0.490 e. The maximum Gasteiger partial charge on any atom is 0.490 e. The van der Waals surface area contributed by atoms with E-state index in [2.05, 4.69) is 36.1 Å². The summed E-state index contributed by atoms with van der Waals surface area (Å²) in [6, 6.07) is 16.0. The van der Waals surface area contributed by atoms with E-state index in [4.69, 9.17) is 19.8 Å². The van der Waals surface area contributed by atoms with Crippen LogP contribution in [0.25, 0.3) is 6.08 Å². The van der Waals surface area contributed by atoms with E-state index in [9.17, 15) is 22.8 Å². The lowest BCUT2D eigenvalue weighted by molar-refractivity contribution is -0.192. The molecule has 1 spiro atoms. The second-order valence-corrected chi connectivity index (χ2v) is 8.91. The number of amides is 1. The number of carboxylic acids is 1. The van der Waals surface area contributed by atoms with Crippen LogP contribution in [0.2, 0.25) is 0 Å². The number of piperidine rings is 1. The second-order valence-electron chi connectivity index (χ2n) is 8.91. The summed E-state index contributed by atoms with van der Waals surface area (Å²) in [5.41, 5.74) is 3.56. The molecule has 3 N–H and O–H groups in total. The Balaban J connectivity index is 0.000000479. The number of likely N-dealkylation sites (tertiary alicyclic amines) is 1. The molecule has 0 radical (unpaired) electrons. The van der Waals surface area contributed by atoms with E-state index < -0.39 is 23.7 Å². The molecule has 2 heterocycles. The zero-order valence-electron chi connectivity index (χ0n) is 20.0. The molecule has 0 aliphatic carbocycles. The molecule has 2 unspecified atom stereocenters. The quantitative estimate of drug-likeness (QED) is 0.311. The third-order valence-corrected chi connectivity index (χ3v) is 6.29. The fourth-order valence-corrected chi connectivity index (χ4v) is 4.46. The number of hydrogen-bond acceptors (Lipinski definition) is 6. The van der Waals surface area contributed by atoms with Crippen molar-refractivity contribution < 1.29 is 42.6 Å². The number of carbonyl (C=O) groups excluding carboxylic acids is 2. The van der Waals surface area contributed by atoms with Crippen molar-refractivity contribution in [2.24, 2.45) is 0 Å². The summed E-state index contributed by atoms with van der Waals surface area (Å²) >= 11 is 0. The van der Waals surface area contributed by atoms with E-state index in [-0.39, 0.29) is 11.8 Å². The van der Waals surface area contributed by atoms with Crippen LogP contribution in [0.4, 0.5) is 13.2 Å². The number of benzene rings is 2. The van der Waals surface area contributed by atoms with Gasteiger partial charge in [-0.2, -0.15) is 13.2 Å². The molecular weight excluding hydrogens is 493 g/mol. The molecule has 0 aromatic heterocycles. The van der Waals surface area contributed by atoms with Gasteiger partial charge in [0.1, 0.15) is 11.4 Å². The van der Waals surface area contributed by atoms with Crippen LogP contribution in [-0.4, -0.2) is 57.7 Å². The molecule has 1 saturated heterocycles. The van der Waals surface area contributed by atoms with E-state index in [1.165, 1.54) is 11.6 Å². The van der Waals surface area contributed by atoms with Gasteiger partial charge in [0.25, 0.3) is 5.91 Å². The maximum atomic E-state index is 13.0. The Labute approximate surface area is 211 Å². The van der Waals surface area contributed by atoms with Crippen LogP contribution in [0.3, 0.4) is 0 Å². The van der Waals surface area contributed by atoms with Crippen molar-refractivity contribution in [2.45, 2.75) is 44.0 Å². The third-order valence-electron chi connectivity index (χ3n) is 6.29. The van der Waals surface area contributed by atoms with Crippen molar-refractivity contribution in [3.8, 4) is 5.75 Å². The Hall–Kier alpha value is -3.70. The van der Waals surface area contributed by atoms with Gasteiger partial charge < -0.3 is 9.84 Å². The van der Waals surface area contributed by atoms with Gasteiger partial charge in [-0.15, -0.1) is 0 Å². The first-order valence-corrected chi connectivity index (χ1v) is 11.5.